The molecule has 0 radical (unpaired) electrons. The highest BCUT2D eigenvalue weighted by atomic mass is 32.1. The van der Waals surface area contributed by atoms with Gasteiger partial charge >= 0.3 is 5.97 Å². The lowest BCUT2D eigenvalue weighted by molar-refractivity contribution is -0.142. The van der Waals surface area contributed by atoms with Crippen molar-refractivity contribution in [2.24, 2.45) is 17.2 Å². The molecule has 0 aromatic rings. The van der Waals surface area contributed by atoms with Crippen LogP contribution < -0.4 is 33.2 Å². The number of carboxylic acids is 1. The van der Waals surface area contributed by atoms with Crippen LogP contribution in [0.25, 0.3) is 0 Å². The predicted octanol–water partition coefficient (Wildman–Crippen LogP) is -3.83. The third-order valence-electron chi connectivity index (χ3n) is 4.23. The monoisotopic (exact) mass is 464 g/mol. The van der Waals surface area contributed by atoms with Crippen LogP contribution in [-0.2, 0) is 24.0 Å². The Balaban J connectivity index is 5.15. The third kappa shape index (κ3) is 11.5. The van der Waals surface area contributed by atoms with Crippen molar-refractivity contribution in [3.63, 3.8) is 0 Å². The Kier molecular flexibility index (Phi) is 14.2. The van der Waals surface area contributed by atoms with E-state index in [9.17, 15) is 29.1 Å². The summed E-state index contributed by atoms with van der Waals surface area (Å²) in [7, 11) is 0. The van der Waals surface area contributed by atoms with Gasteiger partial charge in [0.2, 0.25) is 23.6 Å². The number of hydrogen-bond acceptors (Lipinski definition) is 9. The van der Waals surface area contributed by atoms with Gasteiger partial charge in [-0.2, -0.15) is 12.6 Å². The Morgan fingerprint density at radius 2 is 1.42 bits per heavy atom. The van der Waals surface area contributed by atoms with E-state index in [-0.39, 0.29) is 18.6 Å². The summed E-state index contributed by atoms with van der Waals surface area (Å²) in [6.45, 7) is -0.399. The summed E-state index contributed by atoms with van der Waals surface area (Å²) in [5, 5.41) is 25.1. The number of nitrogens with two attached hydrogens (primary N) is 3. The number of aliphatic hydroxyl groups excluding tert-OH is 1. The first-order valence-corrected chi connectivity index (χ1v) is 10.3. The van der Waals surface area contributed by atoms with Crippen LogP contribution in [0, 0.1) is 0 Å². The fourth-order valence-electron chi connectivity index (χ4n) is 2.40. The number of aliphatic hydroxyl groups is 1. The Hall–Kier alpha value is -2.42. The minimum atomic E-state index is -1.50. The first-order chi connectivity index (χ1) is 14.6. The molecule has 0 aromatic carbocycles. The normalized spacial score (nSPS) is 14.6. The number of hydrogen-bond donors (Lipinski definition) is 9. The first kappa shape index (κ1) is 28.6. The maximum atomic E-state index is 12.6. The van der Waals surface area contributed by atoms with Crippen molar-refractivity contribution in [2.45, 2.75) is 56.3 Å². The minimum Gasteiger partial charge on any atom is -0.480 e. The van der Waals surface area contributed by atoms with Gasteiger partial charge in [-0.25, -0.2) is 4.79 Å². The molecule has 0 saturated heterocycles. The van der Waals surface area contributed by atoms with Gasteiger partial charge in [-0.1, -0.05) is 6.42 Å². The zero-order valence-corrected chi connectivity index (χ0v) is 18.0. The number of nitrogens with one attached hydrogen (secondary N) is 3. The maximum absolute atomic E-state index is 12.6. The summed E-state index contributed by atoms with van der Waals surface area (Å²) < 4.78 is 0. The quantitative estimate of drug-likeness (QED) is 0.0801. The molecule has 14 heteroatoms. The largest absolute Gasteiger partial charge is 0.480 e. The van der Waals surface area contributed by atoms with Gasteiger partial charge in [-0.05, 0) is 25.8 Å². The summed E-state index contributed by atoms with van der Waals surface area (Å²) in [6.07, 6.45) is 1.19. The van der Waals surface area contributed by atoms with Crippen LogP contribution in [0.5, 0.6) is 0 Å². The van der Waals surface area contributed by atoms with Gasteiger partial charge in [0.1, 0.15) is 18.1 Å². The molecule has 0 heterocycles. The fourth-order valence-corrected chi connectivity index (χ4v) is 2.65. The van der Waals surface area contributed by atoms with Crippen LogP contribution in [0.3, 0.4) is 0 Å². The van der Waals surface area contributed by atoms with E-state index in [4.69, 9.17) is 22.3 Å². The summed E-state index contributed by atoms with van der Waals surface area (Å²) in [4.78, 5) is 59.1. The molecule has 0 spiro atoms. The second-order valence-electron chi connectivity index (χ2n) is 6.78. The maximum Gasteiger partial charge on any atom is 0.327 e. The van der Waals surface area contributed by atoms with Crippen LogP contribution >= 0.6 is 12.6 Å². The molecule has 13 nitrogen and oxygen atoms in total. The van der Waals surface area contributed by atoms with Crippen molar-refractivity contribution in [1.82, 2.24) is 16.0 Å². The smallest absolute Gasteiger partial charge is 0.327 e. The molecular formula is C17H32N6O7S. The van der Waals surface area contributed by atoms with E-state index in [1.54, 1.807) is 0 Å². The first-order valence-electron chi connectivity index (χ1n) is 9.66. The molecule has 4 unspecified atom stereocenters. The molecule has 4 amide bonds. The molecule has 0 aliphatic carbocycles. The highest BCUT2D eigenvalue weighted by Crippen LogP contribution is 2.03. The van der Waals surface area contributed by atoms with Crippen LogP contribution in [-0.4, -0.2) is 82.9 Å². The van der Waals surface area contributed by atoms with Crippen molar-refractivity contribution in [2.75, 3.05) is 18.9 Å². The molecule has 31 heavy (non-hydrogen) atoms. The molecule has 0 bridgehead atoms. The van der Waals surface area contributed by atoms with Crippen molar-refractivity contribution in [1.29, 1.82) is 0 Å². The second kappa shape index (κ2) is 15.4. The molecule has 0 aliphatic heterocycles. The van der Waals surface area contributed by atoms with E-state index in [2.05, 4.69) is 28.6 Å². The Morgan fingerprint density at radius 1 is 0.871 bits per heavy atom. The number of thiol groups is 1. The van der Waals surface area contributed by atoms with Gasteiger partial charge in [-0.3, -0.25) is 19.2 Å². The minimum absolute atomic E-state index is 0.170. The van der Waals surface area contributed by atoms with E-state index < -0.39 is 60.4 Å². The van der Waals surface area contributed by atoms with Gasteiger partial charge in [-0.15, -0.1) is 0 Å². The van der Waals surface area contributed by atoms with Crippen LogP contribution in [0.15, 0.2) is 0 Å². The van der Waals surface area contributed by atoms with E-state index in [0.717, 1.165) is 0 Å². The standard InChI is InChI=1S/C17H32N6O7S/c18-6-2-1-3-9(19)14(26)21-10(4-5-13(20)25)15(27)22-11(7-24)16(28)23-12(8-31)17(29)30/h9-12,24,31H,1-8,18-19H2,(H2,20,25)(H,21,26)(H,22,27)(H,23,28)(H,29,30). The molecule has 0 aromatic heterocycles. The van der Waals surface area contributed by atoms with Gasteiger partial charge < -0.3 is 43.4 Å². The van der Waals surface area contributed by atoms with Crippen LogP contribution in [0.1, 0.15) is 32.1 Å². The number of aliphatic carboxylic acids is 1. The Bertz CT molecular complexity index is 636. The fraction of sp³-hybridized carbons (Fsp3) is 0.706. The summed E-state index contributed by atoms with van der Waals surface area (Å²) in [6, 6.07) is -5.01. The summed E-state index contributed by atoms with van der Waals surface area (Å²) >= 11 is 3.81. The van der Waals surface area contributed by atoms with Crippen molar-refractivity contribution >= 4 is 42.2 Å². The molecule has 0 aliphatic rings. The Morgan fingerprint density at radius 3 is 1.90 bits per heavy atom. The van der Waals surface area contributed by atoms with Gasteiger partial charge in [0.05, 0.1) is 12.6 Å². The number of carbonyl (C=O) groups is 5. The molecule has 0 fully saturated rings. The topological polar surface area (TPSA) is 240 Å². The van der Waals surface area contributed by atoms with Gasteiger partial charge in [0, 0.05) is 12.2 Å². The SMILES string of the molecule is NCCCCC(N)C(=O)NC(CCC(N)=O)C(=O)NC(CO)C(=O)NC(CS)C(=O)O. The van der Waals surface area contributed by atoms with Gasteiger partial charge in [0.15, 0.2) is 0 Å². The number of carbonyl (C=O) groups excluding carboxylic acids is 4. The van der Waals surface area contributed by atoms with Gasteiger partial charge in [0.25, 0.3) is 0 Å². The molecule has 4 atom stereocenters. The molecule has 0 saturated carbocycles. The lowest BCUT2D eigenvalue weighted by Gasteiger charge is -2.24. The van der Waals surface area contributed by atoms with Crippen molar-refractivity contribution in [3.05, 3.63) is 0 Å². The third-order valence-corrected chi connectivity index (χ3v) is 4.60. The highest BCUT2D eigenvalue weighted by Gasteiger charge is 2.29. The number of primary amides is 1. The van der Waals surface area contributed by atoms with Crippen molar-refractivity contribution < 1.29 is 34.2 Å². The number of carboxylic acid groups (broad SMARTS) is 1. The predicted molar refractivity (Wildman–Crippen MR) is 114 cm³/mol. The van der Waals surface area contributed by atoms with Crippen LogP contribution in [0.2, 0.25) is 0 Å². The summed E-state index contributed by atoms with van der Waals surface area (Å²) in [5.74, 6) is -4.76. The van der Waals surface area contributed by atoms with E-state index >= 15 is 0 Å². The number of amides is 4. The molecule has 178 valence electrons. The average molecular weight is 465 g/mol. The molecular weight excluding hydrogens is 432 g/mol. The highest BCUT2D eigenvalue weighted by molar-refractivity contribution is 7.80. The zero-order chi connectivity index (χ0) is 24.0. The van der Waals surface area contributed by atoms with Crippen molar-refractivity contribution in [3.8, 4) is 0 Å². The zero-order valence-electron chi connectivity index (χ0n) is 17.1. The second-order valence-corrected chi connectivity index (χ2v) is 7.15. The Labute approximate surface area is 185 Å². The van der Waals surface area contributed by atoms with E-state index in [1.165, 1.54) is 0 Å². The number of rotatable bonds is 16. The molecule has 0 rings (SSSR count). The number of unbranched alkanes of at least 4 members (excludes halogenated alkanes) is 1. The van der Waals surface area contributed by atoms with Crippen LogP contribution in [0.4, 0.5) is 0 Å². The lowest BCUT2D eigenvalue weighted by Crippen LogP contribution is -2.58. The molecule has 11 N–H and O–H groups in total. The van der Waals surface area contributed by atoms with E-state index in [1.807, 2.05) is 0 Å². The van der Waals surface area contributed by atoms with E-state index in [0.29, 0.717) is 25.8 Å². The lowest BCUT2D eigenvalue weighted by atomic mass is 10.1. The average Bonchev–Trinajstić information content (AvgIpc) is 2.72. The summed E-state index contributed by atoms with van der Waals surface area (Å²) in [5.41, 5.74) is 16.3.